The predicted octanol–water partition coefficient (Wildman–Crippen LogP) is 2.62. The Morgan fingerprint density at radius 2 is 1.58 bits per heavy atom. The summed E-state index contributed by atoms with van der Waals surface area (Å²) in [6.07, 6.45) is 1.98. The zero-order valence-electron chi connectivity index (χ0n) is 19.0. The topological polar surface area (TPSA) is 64.9 Å². The van der Waals surface area contributed by atoms with Crippen LogP contribution >= 0.6 is 0 Å². The first kappa shape index (κ1) is 21.4. The van der Waals surface area contributed by atoms with E-state index in [1.165, 1.54) is 5.56 Å². The van der Waals surface area contributed by atoms with E-state index in [9.17, 15) is 0 Å². The normalized spacial score (nSPS) is 15.4. The number of piperazine rings is 1. The highest BCUT2D eigenvalue weighted by Gasteiger charge is 2.21. The molecule has 1 saturated heterocycles. The Labute approximate surface area is 183 Å². The number of nitrogens with zero attached hydrogens (tertiary/aromatic N) is 5. The van der Waals surface area contributed by atoms with Crippen LogP contribution in [0.15, 0.2) is 24.4 Å². The molecule has 1 aliphatic rings. The van der Waals surface area contributed by atoms with Gasteiger partial charge in [-0.25, -0.2) is 4.98 Å². The Morgan fingerprint density at radius 3 is 2.23 bits per heavy atom. The van der Waals surface area contributed by atoms with Crippen molar-refractivity contribution >= 4 is 11.0 Å². The lowest BCUT2D eigenvalue weighted by Crippen LogP contribution is -2.45. The van der Waals surface area contributed by atoms with Crippen LogP contribution in [0.4, 0.5) is 0 Å². The molecule has 0 saturated carbocycles. The molecule has 0 radical (unpaired) electrons. The molecule has 0 bridgehead atoms. The fourth-order valence-electron chi connectivity index (χ4n) is 4.33. The molecule has 0 spiro atoms. The summed E-state index contributed by atoms with van der Waals surface area (Å²) in [5, 5.41) is 5.61. The molecule has 0 N–H and O–H groups in total. The SMILES string of the molecule is COc1ccc(CN2CCN(Cc3cnc4c(c3)c(C)nn4C)CC2)c(OC)c1OC. The van der Waals surface area contributed by atoms with Crippen molar-refractivity contribution in [2.45, 2.75) is 20.0 Å². The van der Waals surface area contributed by atoms with Crippen molar-refractivity contribution in [3.05, 3.63) is 41.2 Å². The van der Waals surface area contributed by atoms with Gasteiger partial charge in [-0.3, -0.25) is 14.5 Å². The standard InChI is InChI=1S/C23H31N5O3/c1-16-19-12-17(13-24-23(19)26(2)25-16)14-27-8-10-28(11-9-27)15-18-6-7-20(29-3)22(31-5)21(18)30-4/h6-7,12-13H,8-11,14-15H2,1-5H3. The van der Waals surface area contributed by atoms with Gasteiger partial charge in [0.15, 0.2) is 17.1 Å². The quantitative estimate of drug-likeness (QED) is 0.577. The summed E-state index contributed by atoms with van der Waals surface area (Å²) in [6.45, 7) is 7.79. The molecule has 3 heterocycles. The van der Waals surface area contributed by atoms with Crippen LogP contribution in [-0.2, 0) is 20.1 Å². The van der Waals surface area contributed by atoms with E-state index in [1.807, 2.05) is 30.9 Å². The average molecular weight is 426 g/mol. The van der Waals surface area contributed by atoms with Crippen molar-refractivity contribution < 1.29 is 14.2 Å². The number of hydrogen-bond acceptors (Lipinski definition) is 7. The highest BCUT2D eigenvalue weighted by Crippen LogP contribution is 2.40. The van der Waals surface area contributed by atoms with Crippen LogP contribution in [0.3, 0.4) is 0 Å². The van der Waals surface area contributed by atoms with Crippen molar-refractivity contribution in [1.29, 1.82) is 0 Å². The van der Waals surface area contributed by atoms with Crippen LogP contribution in [-0.4, -0.2) is 72.1 Å². The van der Waals surface area contributed by atoms with Gasteiger partial charge < -0.3 is 14.2 Å². The van der Waals surface area contributed by atoms with Crippen molar-refractivity contribution in [1.82, 2.24) is 24.6 Å². The monoisotopic (exact) mass is 425 g/mol. The van der Waals surface area contributed by atoms with E-state index in [1.54, 1.807) is 21.3 Å². The summed E-state index contributed by atoms with van der Waals surface area (Å²) in [6, 6.07) is 6.23. The molecule has 1 aliphatic heterocycles. The lowest BCUT2D eigenvalue weighted by atomic mass is 10.1. The average Bonchev–Trinajstić information content (AvgIpc) is 3.07. The maximum Gasteiger partial charge on any atom is 0.203 e. The first-order valence-electron chi connectivity index (χ1n) is 10.5. The smallest absolute Gasteiger partial charge is 0.203 e. The second-order valence-corrected chi connectivity index (χ2v) is 7.97. The van der Waals surface area contributed by atoms with Gasteiger partial charge in [0.2, 0.25) is 5.75 Å². The molecule has 2 aromatic heterocycles. The van der Waals surface area contributed by atoms with Gasteiger partial charge in [-0.2, -0.15) is 5.10 Å². The Balaban J connectivity index is 1.39. The maximum atomic E-state index is 5.64. The van der Waals surface area contributed by atoms with E-state index in [-0.39, 0.29) is 0 Å². The minimum Gasteiger partial charge on any atom is -0.493 e. The molecule has 166 valence electrons. The number of pyridine rings is 1. The first-order valence-corrected chi connectivity index (χ1v) is 10.5. The summed E-state index contributed by atoms with van der Waals surface area (Å²) in [4.78, 5) is 9.55. The van der Waals surface area contributed by atoms with E-state index in [2.05, 4.69) is 32.0 Å². The molecule has 1 fully saturated rings. The second-order valence-electron chi connectivity index (χ2n) is 7.97. The molecule has 0 unspecified atom stereocenters. The fourth-order valence-corrected chi connectivity index (χ4v) is 4.33. The van der Waals surface area contributed by atoms with E-state index < -0.39 is 0 Å². The number of aryl methyl sites for hydroxylation is 2. The molecule has 31 heavy (non-hydrogen) atoms. The summed E-state index contributed by atoms with van der Waals surface area (Å²) >= 11 is 0. The second kappa shape index (κ2) is 9.11. The Kier molecular flexibility index (Phi) is 6.29. The summed E-state index contributed by atoms with van der Waals surface area (Å²) < 4.78 is 18.4. The van der Waals surface area contributed by atoms with Crippen LogP contribution in [0.1, 0.15) is 16.8 Å². The van der Waals surface area contributed by atoms with Gasteiger partial charge in [0.25, 0.3) is 0 Å². The van der Waals surface area contributed by atoms with Gasteiger partial charge in [0.05, 0.1) is 27.0 Å². The van der Waals surface area contributed by atoms with Gasteiger partial charge in [0, 0.05) is 63.5 Å². The van der Waals surface area contributed by atoms with Crippen molar-refractivity contribution in [2.24, 2.45) is 7.05 Å². The van der Waals surface area contributed by atoms with Crippen LogP contribution < -0.4 is 14.2 Å². The van der Waals surface area contributed by atoms with Crippen molar-refractivity contribution in [3.63, 3.8) is 0 Å². The van der Waals surface area contributed by atoms with Crippen molar-refractivity contribution in [3.8, 4) is 17.2 Å². The minimum absolute atomic E-state index is 0.648. The third-order valence-electron chi connectivity index (χ3n) is 5.97. The Morgan fingerprint density at radius 1 is 0.903 bits per heavy atom. The lowest BCUT2D eigenvalue weighted by molar-refractivity contribution is 0.121. The maximum absolute atomic E-state index is 5.64. The summed E-state index contributed by atoms with van der Waals surface area (Å²) in [5.41, 5.74) is 4.31. The number of methoxy groups -OCH3 is 3. The number of fused-ring (bicyclic) bond motifs is 1. The van der Waals surface area contributed by atoms with Gasteiger partial charge >= 0.3 is 0 Å². The van der Waals surface area contributed by atoms with E-state index >= 15 is 0 Å². The number of benzene rings is 1. The Hall–Kier alpha value is -2.84. The van der Waals surface area contributed by atoms with Gasteiger partial charge in [0.1, 0.15) is 0 Å². The molecular weight excluding hydrogens is 394 g/mol. The van der Waals surface area contributed by atoms with Gasteiger partial charge in [-0.15, -0.1) is 0 Å². The largest absolute Gasteiger partial charge is 0.493 e. The fraction of sp³-hybridized carbons (Fsp3) is 0.478. The van der Waals surface area contributed by atoms with E-state index in [0.29, 0.717) is 11.5 Å². The number of ether oxygens (including phenoxy) is 3. The van der Waals surface area contributed by atoms with Gasteiger partial charge in [-0.05, 0) is 24.6 Å². The number of aromatic nitrogens is 3. The van der Waals surface area contributed by atoms with Gasteiger partial charge in [-0.1, -0.05) is 6.07 Å². The third kappa shape index (κ3) is 4.31. The van der Waals surface area contributed by atoms with Crippen LogP contribution in [0.5, 0.6) is 17.2 Å². The molecule has 0 aliphatic carbocycles. The highest BCUT2D eigenvalue weighted by molar-refractivity contribution is 5.78. The molecule has 8 heteroatoms. The Bertz CT molecular complexity index is 1060. The highest BCUT2D eigenvalue weighted by atomic mass is 16.5. The summed E-state index contributed by atoms with van der Waals surface area (Å²) in [5.74, 6) is 2.08. The third-order valence-corrected chi connectivity index (χ3v) is 5.97. The van der Waals surface area contributed by atoms with E-state index in [0.717, 1.165) is 67.3 Å². The number of hydrogen-bond donors (Lipinski definition) is 0. The zero-order valence-corrected chi connectivity index (χ0v) is 19.0. The molecule has 3 aromatic rings. The molecule has 0 atom stereocenters. The molecule has 1 aromatic carbocycles. The first-order chi connectivity index (χ1) is 15.0. The summed E-state index contributed by atoms with van der Waals surface area (Å²) in [7, 11) is 6.89. The lowest BCUT2D eigenvalue weighted by Gasteiger charge is -2.35. The molecular formula is C23H31N5O3. The molecule has 4 rings (SSSR count). The predicted molar refractivity (Wildman–Crippen MR) is 120 cm³/mol. The number of rotatable bonds is 7. The van der Waals surface area contributed by atoms with E-state index in [4.69, 9.17) is 14.2 Å². The van der Waals surface area contributed by atoms with Crippen molar-refractivity contribution in [2.75, 3.05) is 47.5 Å². The zero-order chi connectivity index (χ0) is 22.0. The molecule has 0 amide bonds. The minimum atomic E-state index is 0.648. The van der Waals surface area contributed by atoms with Crippen LogP contribution in [0, 0.1) is 6.92 Å². The van der Waals surface area contributed by atoms with Crippen LogP contribution in [0.25, 0.3) is 11.0 Å². The molecule has 8 nitrogen and oxygen atoms in total. The van der Waals surface area contributed by atoms with Crippen LogP contribution in [0.2, 0.25) is 0 Å².